The van der Waals surface area contributed by atoms with Crippen LogP contribution in [0.4, 0.5) is 23.0 Å². The van der Waals surface area contributed by atoms with E-state index in [0.29, 0.717) is 34.5 Å². The van der Waals surface area contributed by atoms with Gasteiger partial charge >= 0.3 is 0 Å². The van der Waals surface area contributed by atoms with Gasteiger partial charge in [0, 0.05) is 55.7 Å². The van der Waals surface area contributed by atoms with E-state index < -0.39 is 0 Å². The minimum Gasteiger partial charge on any atom is -0.368 e. The third kappa shape index (κ3) is 6.54. The number of nitrogens with one attached hydrogen (secondary N) is 3. The summed E-state index contributed by atoms with van der Waals surface area (Å²) in [5, 5.41) is 14.9. The molecule has 10 nitrogen and oxygen atoms in total. The third-order valence-electron chi connectivity index (χ3n) is 6.50. The number of likely N-dealkylation sites (N-methyl/N-ethyl adjacent to an activating group) is 2. The van der Waals surface area contributed by atoms with Crippen molar-refractivity contribution in [2.45, 2.75) is 0 Å². The highest BCUT2D eigenvalue weighted by molar-refractivity contribution is 6.33. The Kier molecular flexibility index (Phi) is 8.06. The number of carbonyl (C=O) groups excluding carboxylic acids is 1. The van der Waals surface area contributed by atoms with E-state index in [1.54, 1.807) is 6.20 Å². The first-order chi connectivity index (χ1) is 18.9. The van der Waals surface area contributed by atoms with Gasteiger partial charge in [0.05, 0.1) is 28.0 Å². The van der Waals surface area contributed by atoms with Gasteiger partial charge in [-0.2, -0.15) is 10.1 Å². The quantitative estimate of drug-likeness (QED) is 0.283. The van der Waals surface area contributed by atoms with E-state index in [0.717, 1.165) is 48.5 Å². The number of halogens is 1. The Labute approximate surface area is 232 Å². The number of anilines is 4. The van der Waals surface area contributed by atoms with Crippen molar-refractivity contribution in [1.29, 1.82) is 0 Å². The molecule has 1 saturated heterocycles. The number of rotatable bonds is 8. The summed E-state index contributed by atoms with van der Waals surface area (Å²) in [4.78, 5) is 28.4. The molecule has 1 amide bonds. The molecule has 39 heavy (non-hydrogen) atoms. The molecular formula is C28H32ClN9O. The zero-order valence-corrected chi connectivity index (χ0v) is 23.0. The Morgan fingerprint density at radius 3 is 2.72 bits per heavy atom. The predicted molar refractivity (Wildman–Crippen MR) is 158 cm³/mol. The van der Waals surface area contributed by atoms with Gasteiger partial charge in [-0.1, -0.05) is 29.8 Å². The zero-order chi connectivity index (χ0) is 27.4. The number of nitrogens with zero attached hydrogens (tertiary/aromatic N) is 6. The van der Waals surface area contributed by atoms with E-state index in [4.69, 9.17) is 16.6 Å². The number of H-pyrrole nitrogens is 1. The van der Waals surface area contributed by atoms with Gasteiger partial charge in [0.1, 0.15) is 0 Å². The summed E-state index contributed by atoms with van der Waals surface area (Å²) in [6.07, 6.45) is 5.07. The predicted octanol–water partition coefficient (Wildman–Crippen LogP) is 4.23. The number of benzene rings is 2. The van der Waals surface area contributed by atoms with Crippen LogP contribution in [0, 0.1) is 0 Å². The van der Waals surface area contributed by atoms with Gasteiger partial charge in [0.2, 0.25) is 11.9 Å². The molecule has 202 valence electrons. The third-order valence-corrected chi connectivity index (χ3v) is 6.82. The SMILES string of the molecule is CN(C)C/C=C/C(=O)Nc1cccc(-c2nc(Nc3ccc(Cl)c(N4CCN(C)CC4)c3)nc3[nH]ncc23)c1. The molecule has 0 spiro atoms. The summed E-state index contributed by atoms with van der Waals surface area (Å²) in [5.74, 6) is 0.237. The highest BCUT2D eigenvalue weighted by Gasteiger charge is 2.18. The van der Waals surface area contributed by atoms with E-state index in [-0.39, 0.29) is 5.91 Å². The van der Waals surface area contributed by atoms with Gasteiger partial charge in [0.25, 0.3) is 0 Å². The van der Waals surface area contributed by atoms with Crippen molar-refractivity contribution in [1.82, 2.24) is 30.0 Å². The first kappa shape index (κ1) is 26.6. The molecule has 2 aromatic carbocycles. The van der Waals surface area contributed by atoms with Crippen LogP contribution in [0.2, 0.25) is 5.02 Å². The van der Waals surface area contributed by atoms with Gasteiger partial charge in [0.15, 0.2) is 5.65 Å². The minimum absolute atomic E-state index is 0.189. The summed E-state index contributed by atoms with van der Waals surface area (Å²) in [5.41, 5.74) is 4.63. The van der Waals surface area contributed by atoms with Gasteiger partial charge in [-0.15, -0.1) is 0 Å². The topological polar surface area (TPSA) is 105 Å². The highest BCUT2D eigenvalue weighted by atomic mass is 35.5. The van der Waals surface area contributed by atoms with E-state index in [1.807, 2.05) is 67.5 Å². The van der Waals surface area contributed by atoms with E-state index in [2.05, 4.69) is 42.7 Å². The maximum atomic E-state index is 12.4. The van der Waals surface area contributed by atoms with Crippen molar-refractivity contribution in [3.05, 3.63) is 65.8 Å². The number of amides is 1. The molecule has 0 aliphatic carbocycles. The van der Waals surface area contributed by atoms with Crippen molar-refractivity contribution in [3.63, 3.8) is 0 Å². The molecule has 2 aromatic heterocycles. The summed E-state index contributed by atoms with van der Waals surface area (Å²) >= 11 is 6.57. The standard InChI is InChI=1S/C28H32ClN9O/c1-36(2)11-5-8-25(39)31-20-7-4-6-19(16-20)26-22-18-30-35-27(22)34-28(33-26)32-21-9-10-23(29)24(17-21)38-14-12-37(3)13-15-38/h4-10,16-18H,11-15H2,1-3H3,(H,31,39)(H2,30,32,33,34,35)/b8-5+. The number of aromatic amines is 1. The second-order valence-electron chi connectivity index (χ2n) is 9.84. The summed E-state index contributed by atoms with van der Waals surface area (Å²) < 4.78 is 0. The Balaban J connectivity index is 1.40. The highest BCUT2D eigenvalue weighted by Crippen LogP contribution is 2.32. The van der Waals surface area contributed by atoms with Crippen LogP contribution < -0.4 is 15.5 Å². The van der Waals surface area contributed by atoms with Crippen molar-refractivity contribution < 1.29 is 4.79 Å². The van der Waals surface area contributed by atoms with Crippen LogP contribution >= 0.6 is 11.6 Å². The van der Waals surface area contributed by atoms with E-state index in [9.17, 15) is 4.79 Å². The van der Waals surface area contributed by atoms with Crippen molar-refractivity contribution >= 4 is 51.6 Å². The number of fused-ring (bicyclic) bond motifs is 1. The van der Waals surface area contributed by atoms with Gasteiger partial charge in [-0.25, -0.2) is 4.98 Å². The maximum absolute atomic E-state index is 12.4. The van der Waals surface area contributed by atoms with Crippen LogP contribution in [0.15, 0.2) is 60.8 Å². The molecule has 1 aliphatic rings. The monoisotopic (exact) mass is 545 g/mol. The van der Waals surface area contributed by atoms with Crippen LogP contribution in [0.1, 0.15) is 0 Å². The Morgan fingerprint density at radius 1 is 1.10 bits per heavy atom. The fourth-order valence-electron chi connectivity index (χ4n) is 4.42. The molecular weight excluding hydrogens is 514 g/mol. The Hall–Kier alpha value is -3.99. The van der Waals surface area contributed by atoms with Gasteiger partial charge in [-0.3, -0.25) is 9.89 Å². The number of hydrogen-bond donors (Lipinski definition) is 3. The first-order valence-electron chi connectivity index (χ1n) is 12.8. The number of aromatic nitrogens is 4. The smallest absolute Gasteiger partial charge is 0.248 e. The Morgan fingerprint density at radius 2 is 1.92 bits per heavy atom. The molecule has 3 N–H and O–H groups in total. The lowest BCUT2D eigenvalue weighted by Gasteiger charge is -2.34. The fourth-order valence-corrected chi connectivity index (χ4v) is 4.66. The van der Waals surface area contributed by atoms with E-state index >= 15 is 0 Å². The minimum atomic E-state index is -0.189. The summed E-state index contributed by atoms with van der Waals surface area (Å²) in [7, 11) is 6.03. The average Bonchev–Trinajstić information content (AvgIpc) is 3.38. The van der Waals surface area contributed by atoms with Crippen LogP contribution in [-0.2, 0) is 4.79 Å². The molecule has 1 fully saturated rings. The van der Waals surface area contributed by atoms with Crippen molar-refractivity contribution in [2.75, 3.05) is 69.4 Å². The normalized spacial score (nSPS) is 14.4. The van der Waals surface area contributed by atoms with Gasteiger partial charge in [-0.05, 0) is 51.5 Å². The summed E-state index contributed by atoms with van der Waals surface area (Å²) in [6.45, 7) is 4.50. The second-order valence-corrected chi connectivity index (χ2v) is 10.3. The lowest BCUT2D eigenvalue weighted by molar-refractivity contribution is -0.111. The number of piperazine rings is 1. The molecule has 0 bridgehead atoms. The molecule has 0 saturated carbocycles. The lowest BCUT2D eigenvalue weighted by atomic mass is 10.1. The second kappa shape index (κ2) is 11.8. The van der Waals surface area contributed by atoms with Crippen LogP contribution in [0.5, 0.6) is 0 Å². The molecule has 1 aliphatic heterocycles. The molecule has 0 radical (unpaired) electrons. The first-order valence-corrected chi connectivity index (χ1v) is 13.2. The zero-order valence-electron chi connectivity index (χ0n) is 22.3. The van der Waals surface area contributed by atoms with Crippen LogP contribution in [0.25, 0.3) is 22.3 Å². The lowest BCUT2D eigenvalue weighted by Crippen LogP contribution is -2.44. The Bertz CT molecular complexity index is 1490. The summed E-state index contributed by atoms with van der Waals surface area (Å²) in [6, 6.07) is 13.4. The van der Waals surface area contributed by atoms with Gasteiger partial charge < -0.3 is 25.3 Å². The van der Waals surface area contributed by atoms with Crippen molar-refractivity contribution in [3.8, 4) is 11.3 Å². The maximum Gasteiger partial charge on any atom is 0.248 e. The molecule has 0 unspecified atom stereocenters. The molecule has 4 aromatic rings. The van der Waals surface area contributed by atoms with Crippen molar-refractivity contribution in [2.24, 2.45) is 0 Å². The number of carbonyl (C=O) groups is 1. The number of hydrogen-bond acceptors (Lipinski definition) is 8. The molecule has 0 atom stereocenters. The van der Waals surface area contributed by atoms with E-state index in [1.165, 1.54) is 6.08 Å². The van der Waals surface area contributed by atoms with Crippen LogP contribution in [0.3, 0.4) is 0 Å². The fraction of sp³-hybridized carbons (Fsp3) is 0.286. The molecule has 3 heterocycles. The van der Waals surface area contributed by atoms with Crippen LogP contribution in [-0.4, -0.2) is 89.7 Å². The molecule has 11 heteroatoms. The molecule has 5 rings (SSSR count). The average molecular weight is 546 g/mol. The largest absolute Gasteiger partial charge is 0.368 e.